The summed E-state index contributed by atoms with van der Waals surface area (Å²) in [6.07, 6.45) is -3.35. The summed E-state index contributed by atoms with van der Waals surface area (Å²) in [7, 11) is 0. The number of ether oxygens (including phenoxy) is 1. The van der Waals surface area contributed by atoms with Crippen molar-refractivity contribution in [2.45, 2.75) is 13.1 Å². The lowest BCUT2D eigenvalue weighted by molar-refractivity contribution is -0.154. The first-order chi connectivity index (χ1) is 14.7. The second kappa shape index (κ2) is 9.29. The van der Waals surface area contributed by atoms with Crippen LogP contribution in [-0.2, 0) is 0 Å². The van der Waals surface area contributed by atoms with Gasteiger partial charge in [-0.3, -0.25) is 9.59 Å². The number of carbonyl (C=O) groups is 2. The predicted molar refractivity (Wildman–Crippen MR) is 109 cm³/mol. The molecule has 9 heteroatoms. The lowest BCUT2D eigenvalue weighted by Crippen LogP contribution is -2.20. The summed E-state index contributed by atoms with van der Waals surface area (Å²) in [6, 6.07) is 16.2. The molecule has 0 atom stereocenters. The van der Waals surface area contributed by atoms with Crippen LogP contribution in [0.15, 0.2) is 66.9 Å². The molecule has 2 N–H and O–H groups in total. The van der Waals surface area contributed by atoms with Crippen molar-refractivity contribution < 1.29 is 27.5 Å². The molecule has 0 saturated carbocycles. The van der Waals surface area contributed by atoms with Crippen molar-refractivity contribution in [3.8, 4) is 5.88 Å². The Bertz CT molecular complexity index is 1070. The highest BCUT2D eigenvalue weighted by Crippen LogP contribution is 2.22. The van der Waals surface area contributed by atoms with Gasteiger partial charge in [0.05, 0.1) is 5.56 Å². The van der Waals surface area contributed by atoms with Crippen LogP contribution in [0.3, 0.4) is 0 Å². The maximum absolute atomic E-state index is 12.5. The van der Waals surface area contributed by atoms with Gasteiger partial charge in [0.25, 0.3) is 11.8 Å². The average molecular weight is 429 g/mol. The fourth-order valence-corrected chi connectivity index (χ4v) is 2.58. The molecule has 0 fully saturated rings. The topological polar surface area (TPSA) is 80.3 Å². The molecule has 2 amide bonds. The molecule has 3 rings (SSSR count). The number of rotatable bonds is 6. The summed E-state index contributed by atoms with van der Waals surface area (Å²) in [6.45, 7) is 0.316. The van der Waals surface area contributed by atoms with E-state index in [1.165, 1.54) is 12.1 Å². The first-order valence-electron chi connectivity index (χ1n) is 9.15. The molecule has 0 aliphatic carbocycles. The molecule has 0 unspecified atom stereocenters. The van der Waals surface area contributed by atoms with Crippen molar-refractivity contribution in [1.29, 1.82) is 0 Å². The summed E-state index contributed by atoms with van der Waals surface area (Å²) >= 11 is 0. The van der Waals surface area contributed by atoms with Crippen LogP contribution in [0.2, 0.25) is 0 Å². The third kappa shape index (κ3) is 6.30. The molecule has 1 aromatic heterocycles. The van der Waals surface area contributed by atoms with Crippen molar-refractivity contribution >= 4 is 23.2 Å². The Balaban J connectivity index is 1.67. The molecule has 6 nitrogen and oxygen atoms in total. The van der Waals surface area contributed by atoms with Crippen LogP contribution >= 0.6 is 0 Å². The molecular weight excluding hydrogens is 411 g/mol. The maximum Gasteiger partial charge on any atom is 0.422 e. The highest BCUT2D eigenvalue weighted by Gasteiger charge is 2.28. The Kier molecular flexibility index (Phi) is 6.54. The van der Waals surface area contributed by atoms with Crippen LogP contribution in [0.5, 0.6) is 5.88 Å². The molecule has 3 aromatic rings. The minimum absolute atomic E-state index is 0.137. The number of benzene rings is 2. The van der Waals surface area contributed by atoms with Gasteiger partial charge in [0, 0.05) is 29.2 Å². The third-order valence-electron chi connectivity index (χ3n) is 4.16. The molecule has 0 spiro atoms. The van der Waals surface area contributed by atoms with E-state index >= 15 is 0 Å². The molecule has 0 bridgehead atoms. The summed E-state index contributed by atoms with van der Waals surface area (Å²) in [5, 5.41) is 5.47. The van der Waals surface area contributed by atoms with E-state index in [9.17, 15) is 22.8 Å². The van der Waals surface area contributed by atoms with E-state index in [1.807, 2.05) is 0 Å². The normalized spacial score (nSPS) is 11.0. The van der Waals surface area contributed by atoms with Gasteiger partial charge in [0.1, 0.15) is 0 Å². The quantitative estimate of drug-likeness (QED) is 0.588. The van der Waals surface area contributed by atoms with Gasteiger partial charge in [0.2, 0.25) is 5.88 Å². The number of hydrogen-bond donors (Lipinski definition) is 2. The minimum atomic E-state index is -4.48. The second-order valence-electron chi connectivity index (χ2n) is 6.59. The standard InChI is InChI=1S/C22H18F3N3O3/c1-14-7-9-17(27-20(29)15-5-3-2-4-6-15)11-18(14)28-21(30)16-8-10-19(26-12-16)31-13-22(23,24)25/h2-12H,13H2,1H3,(H,27,29)(H,28,30). The number of aryl methyl sites for hydroxylation is 1. The smallest absolute Gasteiger partial charge is 0.422 e. The zero-order valence-corrected chi connectivity index (χ0v) is 16.4. The van der Waals surface area contributed by atoms with Gasteiger partial charge in [-0.25, -0.2) is 4.98 Å². The van der Waals surface area contributed by atoms with E-state index in [2.05, 4.69) is 20.4 Å². The monoisotopic (exact) mass is 429 g/mol. The fourth-order valence-electron chi connectivity index (χ4n) is 2.58. The maximum atomic E-state index is 12.5. The zero-order valence-electron chi connectivity index (χ0n) is 16.4. The number of amides is 2. The van der Waals surface area contributed by atoms with Gasteiger partial charge in [-0.2, -0.15) is 13.2 Å². The van der Waals surface area contributed by atoms with E-state index in [0.29, 0.717) is 16.9 Å². The van der Waals surface area contributed by atoms with Crippen molar-refractivity contribution in [2.24, 2.45) is 0 Å². The summed E-state index contributed by atoms with van der Waals surface area (Å²) in [4.78, 5) is 28.5. The molecule has 2 aromatic carbocycles. The number of nitrogens with one attached hydrogen (secondary N) is 2. The van der Waals surface area contributed by atoms with Crippen LogP contribution in [0.1, 0.15) is 26.3 Å². The third-order valence-corrected chi connectivity index (χ3v) is 4.16. The van der Waals surface area contributed by atoms with Gasteiger partial charge >= 0.3 is 6.18 Å². The Morgan fingerprint density at radius 2 is 1.65 bits per heavy atom. The lowest BCUT2D eigenvalue weighted by atomic mass is 10.1. The highest BCUT2D eigenvalue weighted by molar-refractivity contribution is 6.06. The molecule has 0 aliphatic rings. The number of nitrogens with zero attached hydrogens (tertiary/aromatic N) is 1. The van der Waals surface area contributed by atoms with Crippen LogP contribution in [0.25, 0.3) is 0 Å². The van der Waals surface area contributed by atoms with Crippen LogP contribution in [-0.4, -0.2) is 29.6 Å². The van der Waals surface area contributed by atoms with E-state index in [0.717, 1.165) is 11.8 Å². The highest BCUT2D eigenvalue weighted by atomic mass is 19.4. The van der Waals surface area contributed by atoms with Crippen molar-refractivity contribution in [2.75, 3.05) is 17.2 Å². The van der Waals surface area contributed by atoms with Gasteiger partial charge in [-0.15, -0.1) is 0 Å². The lowest BCUT2D eigenvalue weighted by Gasteiger charge is -2.12. The Morgan fingerprint density at radius 3 is 2.29 bits per heavy atom. The van der Waals surface area contributed by atoms with Crippen molar-refractivity contribution in [3.05, 3.63) is 83.6 Å². The fraction of sp³-hybridized carbons (Fsp3) is 0.136. The van der Waals surface area contributed by atoms with E-state index in [4.69, 9.17) is 0 Å². The number of halogens is 3. The molecule has 0 radical (unpaired) electrons. The second-order valence-corrected chi connectivity index (χ2v) is 6.59. The molecule has 31 heavy (non-hydrogen) atoms. The largest absolute Gasteiger partial charge is 0.468 e. The molecule has 160 valence electrons. The number of aromatic nitrogens is 1. The first kappa shape index (κ1) is 21.8. The summed E-state index contributed by atoms with van der Waals surface area (Å²) in [5.74, 6) is -1.04. The summed E-state index contributed by atoms with van der Waals surface area (Å²) in [5.41, 5.74) is 2.34. The van der Waals surface area contributed by atoms with E-state index in [1.54, 1.807) is 55.5 Å². The SMILES string of the molecule is Cc1ccc(NC(=O)c2ccccc2)cc1NC(=O)c1ccc(OCC(F)(F)F)nc1. The number of hydrogen-bond acceptors (Lipinski definition) is 4. The number of alkyl halides is 3. The van der Waals surface area contributed by atoms with Crippen LogP contribution < -0.4 is 15.4 Å². The van der Waals surface area contributed by atoms with Gasteiger partial charge in [-0.05, 0) is 42.8 Å². The van der Waals surface area contributed by atoms with Crippen LogP contribution in [0.4, 0.5) is 24.5 Å². The Hall–Kier alpha value is -3.88. The first-order valence-corrected chi connectivity index (χ1v) is 9.15. The van der Waals surface area contributed by atoms with Gasteiger partial charge in [-0.1, -0.05) is 24.3 Å². The van der Waals surface area contributed by atoms with Gasteiger partial charge < -0.3 is 15.4 Å². The number of carbonyl (C=O) groups excluding carboxylic acids is 2. The van der Waals surface area contributed by atoms with Crippen molar-refractivity contribution in [3.63, 3.8) is 0 Å². The summed E-state index contributed by atoms with van der Waals surface area (Å²) < 4.78 is 41.1. The Morgan fingerprint density at radius 1 is 0.935 bits per heavy atom. The van der Waals surface area contributed by atoms with Crippen molar-refractivity contribution in [1.82, 2.24) is 4.98 Å². The number of pyridine rings is 1. The Labute approximate surface area is 176 Å². The van der Waals surface area contributed by atoms with E-state index < -0.39 is 18.7 Å². The van der Waals surface area contributed by atoms with E-state index in [-0.39, 0.29) is 17.4 Å². The molecule has 0 aliphatic heterocycles. The number of anilines is 2. The minimum Gasteiger partial charge on any atom is -0.468 e. The molecule has 0 saturated heterocycles. The van der Waals surface area contributed by atoms with Gasteiger partial charge in [0.15, 0.2) is 6.61 Å². The molecular formula is C22H18F3N3O3. The average Bonchev–Trinajstić information content (AvgIpc) is 2.75. The van der Waals surface area contributed by atoms with Crippen LogP contribution in [0, 0.1) is 6.92 Å². The molecule has 1 heterocycles. The zero-order chi connectivity index (χ0) is 22.4. The predicted octanol–water partition coefficient (Wildman–Crippen LogP) is 4.84.